The first-order chi connectivity index (χ1) is 9.74. The third kappa shape index (κ3) is 2.77. The third-order valence-corrected chi connectivity index (χ3v) is 4.30. The molecule has 0 aromatic carbocycles. The van der Waals surface area contributed by atoms with Crippen LogP contribution < -0.4 is 0 Å². The fourth-order valence-electron chi connectivity index (χ4n) is 2.76. The molecule has 1 aromatic rings. The quantitative estimate of drug-likeness (QED) is 0.780. The Kier molecular flexibility index (Phi) is 3.87. The van der Waals surface area contributed by atoms with E-state index in [0.29, 0.717) is 18.2 Å². The molecule has 3 rings (SSSR count). The summed E-state index contributed by atoms with van der Waals surface area (Å²) in [7, 11) is 0. The first kappa shape index (κ1) is 13.4. The number of piperazine rings is 1. The van der Waals surface area contributed by atoms with Crippen LogP contribution in [-0.4, -0.2) is 54.2 Å². The molecule has 0 radical (unpaired) electrons. The summed E-state index contributed by atoms with van der Waals surface area (Å²) >= 11 is 0. The standard InChI is InChI=1S/C15H20N2O3/c18-13(14-5-2-10-20-14)11-16-6-8-17(9-7-16)15(19)12-3-1-4-12/h2,5,10,12H,1,3-4,6-9,11H2. The number of carbonyl (C=O) groups excluding carboxylic acids is 2. The number of rotatable bonds is 4. The van der Waals surface area contributed by atoms with E-state index >= 15 is 0 Å². The Morgan fingerprint density at radius 1 is 1.20 bits per heavy atom. The van der Waals surface area contributed by atoms with E-state index in [1.807, 2.05) is 4.90 Å². The van der Waals surface area contributed by atoms with Gasteiger partial charge in [0.05, 0.1) is 12.8 Å². The Morgan fingerprint density at radius 2 is 1.95 bits per heavy atom. The summed E-state index contributed by atoms with van der Waals surface area (Å²) in [6.45, 7) is 3.39. The summed E-state index contributed by atoms with van der Waals surface area (Å²) in [5, 5.41) is 0. The molecule has 1 saturated carbocycles. The van der Waals surface area contributed by atoms with Gasteiger partial charge in [-0.05, 0) is 25.0 Å². The molecule has 1 amide bonds. The van der Waals surface area contributed by atoms with E-state index in [-0.39, 0.29) is 11.7 Å². The van der Waals surface area contributed by atoms with Crippen molar-refractivity contribution in [3.05, 3.63) is 24.2 Å². The van der Waals surface area contributed by atoms with Crippen LogP contribution >= 0.6 is 0 Å². The molecule has 0 unspecified atom stereocenters. The van der Waals surface area contributed by atoms with E-state index in [4.69, 9.17) is 4.42 Å². The van der Waals surface area contributed by atoms with Crippen LogP contribution in [0.5, 0.6) is 0 Å². The topological polar surface area (TPSA) is 53.8 Å². The van der Waals surface area contributed by atoms with Gasteiger partial charge < -0.3 is 9.32 Å². The first-order valence-corrected chi connectivity index (χ1v) is 7.32. The van der Waals surface area contributed by atoms with E-state index < -0.39 is 0 Å². The van der Waals surface area contributed by atoms with Crippen LogP contribution in [-0.2, 0) is 4.79 Å². The molecule has 2 heterocycles. The van der Waals surface area contributed by atoms with Crippen LogP contribution in [0.25, 0.3) is 0 Å². The predicted molar refractivity (Wildman–Crippen MR) is 73.4 cm³/mol. The van der Waals surface area contributed by atoms with Crippen molar-refractivity contribution in [2.24, 2.45) is 5.92 Å². The molecule has 20 heavy (non-hydrogen) atoms. The van der Waals surface area contributed by atoms with Crippen molar-refractivity contribution in [2.45, 2.75) is 19.3 Å². The molecular weight excluding hydrogens is 256 g/mol. The maximum Gasteiger partial charge on any atom is 0.225 e. The van der Waals surface area contributed by atoms with Crippen LogP contribution in [0, 0.1) is 5.92 Å². The summed E-state index contributed by atoms with van der Waals surface area (Å²) in [5.41, 5.74) is 0. The van der Waals surface area contributed by atoms with E-state index in [9.17, 15) is 9.59 Å². The lowest BCUT2D eigenvalue weighted by atomic mass is 9.84. The number of Topliss-reactive ketones (excluding diaryl/α,β-unsaturated/α-hetero) is 1. The summed E-state index contributed by atoms with van der Waals surface area (Å²) in [6, 6.07) is 3.42. The Balaban J connectivity index is 1.46. The lowest BCUT2D eigenvalue weighted by Gasteiger charge is -2.37. The van der Waals surface area contributed by atoms with Gasteiger partial charge in [-0.2, -0.15) is 0 Å². The average molecular weight is 276 g/mol. The molecule has 0 spiro atoms. The molecule has 0 bridgehead atoms. The van der Waals surface area contributed by atoms with Crippen molar-refractivity contribution < 1.29 is 14.0 Å². The Morgan fingerprint density at radius 3 is 2.50 bits per heavy atom. The number of hydrogen-bond donors (Lipinski definition) is 0. The summed E-state index contributed by atoms with van der Waals surface area (Å²) in [6.07, 6.45) is 4.81. The summed E-state index contributed by atoms with van der Waals surface area (Å²) < 4.78 is 5.11. The second-order valence-corrected chi connectivity index (χ2v) is 5.63. The minimum Gasteiger partial charge on any atom is -0.461 e. The maximum absolute atomic E-state index is 12.1. The van der Waals surface area contributed by atoms with E-state index in [2.05, 4.69) is 4.90 Å². The van der Waals surface area contributed by atoms with Crippen LogP contribution in [0.2, 0.25) is 0 Å². The lowest BCUT2D eigenvalue weighted by molar-refractivity contribution is -0.139. The zero-order valence-electron chi connectivity index (χ0n) is 11.6. The van der Waals surface area contributed by atoms with Crippen molar-refractivity contribution in [2.75, 3.05) is 32.7 Å². The van der Waals surface area contributed by atoms with Gasteiger partial charge in [0.25, 0.3) is 0 Å². The Hall–Kier alpha value is -1.62. The van der Waals surface area contributed by atoms with E-state index in [1.54, 1.807) is 12.1 Å². The zero-order chi connectivity index (χ0) is 13.9. The third-order valence-electron chi connectivity index (χ3n) is 4.30. The molecule has 1 saturated heterocycles. The number of amides is 1. The molecule has 0 atom stereocenters. The number of carbonyl (C=O) groups is 2. The number of hydrogen-bond acceptors (Lipinski definition) is 4. The largest absolute Gasteiger partial charge is 0.461 e. The number of ketones is 1. The molecule has 1 aliphatic carbocycles. The molecule has 2 aliphatic rings. The van der Waals surface area contributed by atoms with Crippen molar-refractivity contribution >= 4 is 11.7 Å². The van der Waals surface area contributed by atoms with E-state index in [0.717, 1.165) is 39.0 Å². The molecule has 0 N–H and O–H groups in total. The van der Waals surface area contributed by atoms with Gasteiger partial charge in [0.1, 0.15) is 0 Å². The first-order valence-electron chi connectivity index (χ1n) is 7.32. The number of nitrogens with zero attached hydrogens (tertiary/aromatic N) is 2. The van der Waals surface area contributed by atoms with Gasteiger partial charge in [0, 0.05) is 32.1 Å². The van der Waals surface area contributed by atoms with Gasteiger partial charge in [-0.3, -0.25) is 14.5 Å². The summed E-state index contributed by atoms with van der Waals surface area (Å²) in [4.78, 5) is 28.1. The molecular formula is C15H20N2O3. The highest BCUT2D eigenvalue weighted by Crippen LogP contribution is 2.28. The lowest BCUT2D eigenvalue weighted by Crippen LogP contribution is -2.52. The SMILES string of the molecule is O=C(CN1CCN(C(=O)C2CCC2)CC1)c1ccco1. The van der Waals surface area contributed by atoms with Gasteiger partial charge in [-0.1, -0.05) is 6.42 Å². The van der Waals surface area contributed by atoms with Gasteiger partial charge in [-0.25, -0.2) is 0 Å². The number of furan rings is 1. The second-order valence-electron chi connectivity index (χ2n) is 5.63. The van der Waals surface area contributed by atoms with Crippen molar-refractivity contribution in [3.8, 4) is 0 Å². The summed E-state index contributed by atoms with van der Waals surface area (Å²) in [5.74, 6) is 1.01. The normalized spacial score (nSPS) is 20.7. The molecule has 5 nitrogen and oxygen atoms in total. The molecule has 1 aromatic heterocycles. The minimum absolute atomic E-state index is 0.00812. The van der Waals surface area contributed by atoms with Crippen LogP contribution in [0.15, 0.2) is 22.8 Å². The van der Waals surface area contributed by atoms with Gasteiger partial charge in [-0.15, -0.1) is 0 Å². The highest BCUT2D eigenvalue weighted by molar-refractivity contribution is 5.95. The Labute approximate surface area is 118 Å². The predicted octanol–water partition coefficient (Wildman–Crippen LogP) is 1.41. The minimum atomic E-state index is 0.00812. The zero-order valence-corrected chi connectivity index (χ0v) is 11.6. The van der Waals surface area contributed by atoms with Crippen molar-refractivity contribution in [1.29, 1.82) is 0 Å². The Bertz CT molecular complexity index is 471. The fraction of sp³-hybridized carbons (Fsp3) is 0.600. The maximum atomic E-state index is 12.1. The average Bonchev–Trinajstić information content (AvgIpc) is 2.91. The molecule has 108 valence electrons. The smallest absolute Gasteiger partial charge is 0.225 e. The monoisotopic (exact) mass is 276 g/mol. The van der Waals surface area contributed by atoms with Crippen LogP contribution in [0.3, 0.4) is 0 Å². The van der Waals surface area contributed by atoms with Gasteiger partial charge in [0.2, 0.25) is 11.7 Å². The highest BCUT2D eigenvalue weighted by Gasteiger charge is 2.31. The van der Waals surface area contributed by atoms with Crippen LogP contribution in [0.1, 0.15) is 29.8 Å². The van der Waals surface area contributed by atoms with Gasteiger partial charge >= 0.3 is 0 Å². The van der Waals surface area contributed by atoms with Crippen molar-refractivity contribution in [3.63, 3.8) is 0 Å². The second kappa shape index (κ2) is 5.79. The molecule has 5 heteroatoms. The van der Waals surface area contributed by atoms with Crippen molar-refractivity contribution in [1.82, 2.24) is 9.80 Å². The van der Waals surface area contributed by atoms with Gasteiger partial charge in [0.15, 0.2) is 5.76 Å². The molecule has 1 aliphatic heterocycles. The van der Waals surface area contributed by atoms with E-state index in [1.165, 1.54) is 12.7 Å². The molecule has 2 fully saturated rings. The van der Waals surface area contributed by atoms with Crippen LogP contribution in [0.4, 0.5) is 0 Å². The fourth-order valence-corrected chi connectivity index (χ4v) is 2.76. The highest BCUT2D eigenvalue weighted by atomic mass is 16.3.